The van der Waals surface area contributed by atoms with Crippen LogP contribution < -0.4 is 10.6 Å². The Morgan fingerprint density at radius 1 is 1.47 bits per heavy atom. The van der Waals surface area contributed by atoms with Crippen molar-refractivity contribution in [1.82, 2.24) is 9.97 Å². The molecule has 0 saturated carbocycles. The van der Waals surface area contributed by atoms with Gasteiger partial charge in [0.05, 0.1) is 12.4 Å². The van der Waals surface area contributed by atoms with Crippen LogP contribution in [0.3, 0.4) is 0 Å². The van der Waals surface area contributed by atoms with Gasteiger partial charge in [-0.25, -0.2) is 9.97 Å². The van der Waals surface area contributed by atoms with Crippen molar-refractivity contribution < 1.29 is 0 Å². The van der Waals surface area contributed by atoms with Crippen molar-refractivity contribution in [2.45, 2.75) is 26.8 Å². The number of aromatic nitrogens is 2. The Hall–Kier alpha value is -1.23. The van der Waals surface area contributed by atoms with E-state index in [0.29, 0.717) is 11.7 Å². The molecule has 0 aliphatic carbocycles. The molecule has 2 N–H and O–H groups in total. The largest absolute Gasteiger partial charge is 0.388 e. The maximum absolute atomic E-state index is 5.45. The van der Waals surface area contributed by atoms with Gasteiger partial charge in [-0.15, -0.1) is 0 Å². The Bertz CT molecular complexity index is 334. The summed E-state index contributed by atoms with van der Waals surface area (Å²) < 4.78 is 0. The van der Waals surface area contributed by atoms with E-state index in [-0.39, 0.29) is 4.99 Å². The number of anilines is 1. The number of nitrogens with two attached hydrogens (primary N) is 1. The fourth-order valence-corrected chi connectivity index (χ4v) is 1.49. The SMILES string of the molecule is CCN(c1cnc(C(N)=S)cn1)C(C)C. The molecule has 15 heavy (non-hydrogen) atoms. The van der Waals surface area contributed by atoms with Crippen molar-refractivity contribution in [3.8, 4) is 0 Å². The van der Waals surface area contributed by atoms with Crippen molar-refractivity contribution in [2.75, 3.05) is 11.4 Å². The van der Waals surface area contributed by atoms with E-state index < -0.39 is 0 Å². The van der Waals surface area contributed by atoms with E-state index >= 15 is 0 Å². The molecule has 0 bridgehead atoms. The summed E-state index contributed by atoms with van der Waals surface area (Å²) in [6.07, 6.45) is 3.32. The van der Waals surface area contributed by atoms with Crippen molar-refractivity contribution in [1.29, 1.82) is 0 Å². The molecule has 0 saturated heterocycles. The maximum atomic E-state index is 5.45. The summed E-state index contributed by atoms with van der Waals surface area (Å²) in [6, 6.07) is 0.403. The molecule has 0 unspecified atom stereocenters. The summed E-state index contributed by atoms with van der Waals surface area (Å²) in [5.41, 5.74) is 6.01. The Morgan fingerprint density at radius 3 is 2.47 bits per heavy atom. The van der Waals surface area contributed by atoms with Crippen molar-refractivity contribution in [3.05, 3.63) is 18.1 Å². The molecule has 82 valence electrons. The lowest BCUT2D eigenvalue weighted by Gasteiger charge is -2.25. The molecule has 0 radical (unpaired) electrons. The number of thiocarbonyl (C=S) groups is 1. The lowest BCUT2D eigenvalue weighted by molar-refractivity contribution is 0.691. The van der Waals surface area contributed by atoms with Gasteiger partial charge in [0.2, 0.25) is 0 Å². The predicted molar refractivity (Wildman–Crippen MR) is 66.1 cm³/mol. The molecule has 5 heteroatoms. The molecular formula is C10H16N4S. The van der Waals surface area contributed by atoms with Gasteiger partial charge in [-0.2, -0.15) is 0 Å². The van der Waals surface area contributed by atoms with E-state index in [1.54, 1.807) is 12.4 Å². The lowest BCUT2D eigenvalue weighted by Crippen LogP contribution is -2.31. The Labute approximate surface area is 95.5 Å². The molecule has 0 fully saturated rings. The van der Waals surface area contributed by atoms with Gasteiger partial charge in [0.15, 0.2) is 0 Å². The summed E-state index contributed by atoms with van der Waals surface area (Å²) >= 11 is 4.81. The average molecular weight is 224 g/mol. The van der Waals surface area contributed by atoms with Crippen LogP contribution in [0.4, 0.5) is 5.82 Å². The van der Waals surface area contributed by atoms with E-state index in [0.717, 1.165) is 12.4 Å². The first-order valence-electron chi connectivity index (χ1n) is 4.94. The van der Waals surface area contributed by atoms with Crippen LogP contribution in [0.2, 0.25) is 0 Å². The van der Waals surface area contributed by atoms with E-state index in [1.165, 1.54) is 0 Å². The highest BCUT2D eigenvalue weighted by atomic mass is 32.1. The first-order chi connectivity index (χ1) is 7.06. The Balaban J connectivity index is 2.92. The first-order valence-corrected chi connectivity index (χ1v) is 5.35. The highest BCUT2D eigenvalue weighted by Crippen LogP contribution is 2.11. The molecular weight excluding hydrogens is 208 g/mol. The maximum Gasteiger partial charge on any atom is 0.147 e. The highest BCUT2D eigenvalue weighted by Gasteiger charge is 2.10. The van der Waals surface area contributed by atoms with Crippen molar-refractivity contribution in [3.63, 3.8) is 0 Å². The minimum Gasteiger partial charge on any atom is -0.388 e. The van der Waals surface area contributed by atoms with Crippen LogP contribution >= 0.6 is 12.2 Å². The zero-order valence-corrected chi connectivity index (χ0v) is 10.1. The normalized spacial score (nSPS) is 10.4. The molecule has 1 heterocycles. The summed E-state index contributed by atoms with van der Waals surface area (Å²) in [5.74, 6) is 0.854. The molecule has 0 aliphatic heterocycles. The molecule has 0 aliphatic rings. The quantitative estimate of drug-likeness (QED) is 0.782. The minimum absolute atomic E-state index is 0.279. The van der Waals surface area contributed by atoms with Gasteiger partial charge in [-0.05, 0) is 20.8 Å². The second-order valence-electron chi connectivity index (χ2n) is 3.50. The van der Waals surface area contributed by atoms with E-state index in [4.69, 9.17) is 18.0 Å². The highest BCUT2D eigenvalue weighted by molar-refractivity contribution is 7.80. The van der Waals surface area contributed by atoms with Gasteiger partial charge >= 0.3 is 0 Å². The number of hydrogen-bond acceptors (Lipinski definition) is 4. The molecule has 1 aromatic rings. The van der Waals surface area contributed by atoms with Gasteiger partial charge in [-0.1, -0.05) is 12.2 Å². The molecule has 0 aromatic carbocycles. The predicted octanol–water partition coefficient (Wildman–Crippen LogP) is 1.35. The van der Waals surface area contributed by atoms with Gasteiger partial charge in [0, 0.05) is 12.6 Å². The van der Waals surface area contributed by atoms with Crippen molar-refractivity contribution in [2.24, 2.45) is 5.73 Å². The third-order valence-electron chi connectivity index (χ3n) is 2.15. The van der Waals surface area contributed by atoms with Crippen LogP contribution in [0.1, 0.15) is 26.5 Å². The van der Waals surface area contributed by atoms with E-state index in [1.807, 2.05) is 0 Å². The second-order valence-corrected chi connectivity index (χ2v) is 3.94. The smallest absolute Gasteiger partial charge is 0.147 e. The average Bonchev–Trinajstić information content (AvgIpc) is 2.19. The van der Waals surface area contributed by atoms with Gasteiger partial charge in [0.25, 0.3) is 0 Å². The van der Waals surface area contributed by atoms with Crippen LogP contribution in [-0.4, -0.2) is 27.5 Å². The number of hydrogen-bond donors (Lipinski definition) is 1. The van der Waals surface area contributed by atoms with Crippen molar-refractivity contribution >= 4 is 23.0 Å². The third kappa shape index (κ3) is 2.86. The Morgan fingerprint density at radius 2 is 2.13 bits per heavy atom. The lowest BCUT2D eigenvalue weighted by atomic mass is 10.3. The zero-order valence-electron chi connectivity index (χ0n) is 9.27. The summed E-state index contributed by atoms with van der Waals surface area (Å²) in [7, 11) is 0. The van der Waals surface area contributed by atoms with Gasteiger partial charge < -0.3 is 10.6 Å². The van der Waals surface area contributed by atoms with E-state index in [2.05, 4.69) is 35.6 Å². The molecule has 1 aromatic heterocycles. The van der Waals surface area contributed by atoms with Crippen LogP contribution in [-0.2, 0) is 0 Å². The van der Waals surface area contributed by atoms with Crippen LogP contribution in [0, 0.1) is 0 Å². The first kappa shape index (κ1) is 11.8. The number of rotatable bonds is 4. The zero-order chi connectivity index (χ0) is 11.4. The topological polar surface area (TPSA) is 55.0 Å². The summed E-state index contributed by atoms with van der Waals surface area (Å²) in [4.78, 5) is 10.9. The Kier molecular flexibility index (Phi) is 3.96. The van der Waals surface area contributed by atoms with E-state index in [9.17, 15) is 0 Å². The summed E-state index contributed by atoms with van der Waals surface area (Å²) in [6.45, 7) is 7.22. The molecule has 4 nitrogen and oxygen atoms in total. The van der Waals surface area contributed by atoms with Crippen LogP contribution in [0.25, 0.3) is 0 Å². The molecule has 0 atom stereocenters. The minimum atomic E-state index is 0.279. The second kappa shape index (κ2) is 5.02. The summed E-state index contributed by atoms with van der Waals surface area (Å²) in [5, 5.41) is 0. The molecule has 1 rings (SSSR count). The van der Waals surface area contributed by atoms with Crippen LogP contribution in [0.5, 0.6) is 0 Å². The fraction of sp³-hybridized carbons (Fsp3) is 0.500. The molecule has 0 spiro atoms. The number of nitrogens with zero attached hydrogens (tertiary/aromatic N) is 3. The van der Waals surface area contributed by atoms with Gasteiger partial charge in [0.1, 0.15) is 16.5 Å². The standard InChI is InChI=1S/C10H16N4S/c1-4-14(7(2)3)9-6-12-8(5-13-9)10(11)15/h5-7H,4H2,1-3H3,(H2,11,15). The van der Waals surface area contributed by atoms with Crippen LogP contribution in [0.15, 0.2) is 12.4 Å². The molecule has 0 amide bonds. The fourth-order valence-electron chi connectivity index (χ4n) is 1.39. The third-order valence-corrected chi connectivity index (χ3v) is 2.36. The van der Waals surface area contributed by atoms with Gasteiger partial charge in [-0.3, -0.25) is 0 Å². The monoisotopic (exact) mass is 224 g/mol.